The first-order valence-corrected chi connectivity index (χ1v) is 7.71. The standard InChI is InChI=1S/C15H28N4/c1-15(13-16,17-14-5-6-14)7-3-9-19-10-4-8-18(2)11-12-19/h14,17H,3-12H2,1-2H3. The minimum Gasteiger partial charge on any atom is -0.305 e. The van der Waals surface area contributed by atoms with Crippen molar-refractivity contribution in [3.63, 3.8) is 0 Å². The van der Waals surface area contributed by atoms with Gasteiger partial charge in [0.1, 0.15) is 5.54 Å². The molecule has 2 fully saturated rings. The van der Waals surface area contributed by atoms with E-state index in [1.807, 2.05) is 0 Å². The van der Waals surface area contributed by atoms with Crippen molar-refractivity contribution in [3.05, 3.63) is 0 Å². The Kier molecular flexibility index (Phi) is 5.20. The molecule has 4 heteroatoms. The van der Waals surface area contributed by atoms with Crippen molar-refractivity contribution in [2.45, 2.75) is 50.6 Å². The van der Waals surface area contributed by atoms with E-state index in [0.717, 1.165) is 19.4 Å². The molecule has 108 valence electrons. The molecule has 1 N–H and O–H groups in total. The average molecular weight is 264 g/mol. The topological polar surface area (TPSA) is 42.3 Å². The van der Waals surface area contributed by atoms with Crippen LogP contribution in [0.1, 0.15) is 39.0 Å². The van der Waals surface area contributed by atoms with Gasteiger partial charge >= 0.3 is 0 Å². The van der Waals surface area contributed by atoms with Gasteiger partial charge in [-0.05, 0) is 65.7 Å². The lowest BCUT2D eigenvalue weighted by atomic mass is 9.97. The molecule has 0 aromatic rings. The highest BCUT2D eigenvalue weighted by atomic mass is 15.2. The zero-order chi connectivity index (χ0) is 13.7. The van der Waals surface area contributed by atoms with Gasteiger partial charge < -0.3 is 9.80 Å². The molecular formula is C15H28N4. The van der Waals surface area contributed by atoms with Crippen LogP contribution in [0.25, 0.3) is 0 Å². The van der Waals surface area contributed by atoms with E-state index >= 15 is 0 Å². The van der Waals surface area contributed by atoms with E-state index in [1.54, 1.807) is 0 Å². The minimum atomic E-state index is -0.316. The van der Waals surface area contributed by atoms with E-state index in [9.17, 15) is 5.26 Å². The summed E-state index contributed by atoms with van der Waals surface area (Å²) < 4.78 is 0. The summed E-state index contributed by atoms with van der Waals surface area (Å²) in [5.74, 6) is 0. The van der Waals surface area contributed by atoms with Gasteiger partial charge in [-0.25, -0.2) is 0 Å². The number of nitrogens with one attached hydrogen (secondary N) is 1. The van der Waals surface area contributed by atoms with E-state index in [-0.39, 0.29) is 5.54 Å². The Morgan fingerprint density at radius 2 is 2.05 bits per heavy atom. The zero-order valence-electron chi connectivity index (χ0n) is 12.5. The van der Waals surface area contributed by atoms with Crippen LogP contribution in [0.2, 0.25) is 0 Å². The second kappa shape index (κ2) is 6.69. The quantitative estimate of drug-likeness (QED) is 0.788. The molecule has 0 aromatic heterocycles. The maximum absolute atomic E-state index is 9.35. The third-order valence-electron chi connectivity index (χ3n) is 4.31. The first-order valence-electron chi connectivity index (χ1n) is 7.71. The summed E-state index contributed by atoms with van der Waals surface area (Å²) in [5, 5.41) is 12.8. The molecule has 1 atom stereocenters. The van der Waals surface area contributed by atoms with Gasteiger partial charge in [0.15, 0.2) is 0 Å². The smallest absolute Gasteiger partial charge is 0.104 e. The molecule has 0 spiro atoms. The summed E-state index contributed by atoms with van der Waals surface area (Å²) in [5.41, 5.74) is -0.316. The van der Waals surface area contributed by atoms with E-state index in [1.165, 1.54) is 45.4 Å². The van der Waals surface area contributed by atoms with Crippen molar-refractivity contribution in [2.24, 2.45) is 0 Å². The number of likely N-dealkylation sites (N-methyl/N-ethyl adjacent to an activating group) is 1. The number of nitriles is 1. The van der Waals surface area contributed by atoms with Crippen LogP contribution in [0, 0.1) is 11.3 Å². The number of nitrogens with zero attached hydrogens (tertiary/aromatic N) is 3. The molecule has 4 nitrogen and oxygen atoms in total. The monoisotopic (exact) mass is 264 g/mol. The van der Waals surface area contributed by atoms with Gasteiger partial charge in [-0.1, -0.05) is 0 Å². The summed E-state index contributed by atoms with van der Waals surface area (Å²) in [7, 11) is 2.20. The summed E-state index contributed by atoms with van der Waals surface area (Å²) in [6.07, 6.45) is 5.84. The normalized spacial score (nSPS) is 25.5. The summed E-state index contributed by atoms with van der Waals surface area (Å²) in [6.45, 7) is 7.98. The fraction of sp³-hybridized carbons (Fsp3) is 0.933. The number of hydrogen-bond acceptors (Lipinski definition) is 4. The van der Waals surface area contributed by atoms with Gasteiger partial charge in [0.25, 0.3) is 0 Å². The van der Waals surface area contributed by atoms with Crippen LogP contribution in [-0.4, -0.2) is 61.2 Å². The second-order valence-corrected chi connectivity index (χ2v) is 6.46. The van der Waals surface area contributed by atoms with Crippen LogP contribution in [0.15, 0.2) is 0 Å². The third kappa shape index (κ3) is 5.10. The van der Waals surface area contributed by atoms with Crippen LogP contribution in [0.5, 0.6) is 0 Å². The lowest BCUT2D eigenvalue weighted by molar-refractivity contribution is 0.260. The van der Waals surface area contributed by atoms with Crippen molar-refractivity contribution in [3.8, 4) is 6.07 Å². The predicted molar refractivity (Wildman–Crippen MR) is 78.0 cm³/mol. The number of rotatable bonds is 6. The first-order chi connectivity index (χ1) is 9.11. The molecule has 0 radical (unpaired) electrons. The molecule has 1 aliphatic carbocycles. The SMILES string of the molecule is CN1CCCN(CCCC(C)(C#N)NC2CC2)CC1. The Morgan fingerprint density at radius 1 is 1.26 bits per heavy atom. The van der Waals surface area contributed by atoms with E-state index in [2.05, 4.69) is 35.2 Å². The Morgan fingerprint density at radius 3 is 2.74 bits per heavy atom. The lowest BCUT2D eigenvalue weighted by Crippen LogP contribution is -2.43. The van der Waals surface area contributed by atoms with Crippen molar-refractivity contribution >= 4 is 0 Å². The molecule has 1 aliphatic heterocycles. The summed E-state index contributed by atoms with van der Waals surface area (Å²) in [4.78, 5) is 4.96. The van der Waals surface area contributed by atoms with Crippen LogP contribution in [0.4, 0.5) is 0 Å². The second-order valence-electron chi connectivity index (χ2n) is 6.46. The lowest BCUT2D eigenvalue weighted by Gasteiger charge is -2.25. The van der Waals surface area contributed by atoms with Crippen LogP contribution in [0.3, 0.4) is 0 Å². The average Bonchev–Trinajstić information content (AvgIpc) is 3.19. The van der Waals surface area contributed by atoms with Gasteiger partial charge in [-0.3, -0.25) is 5.32 Å². The maximum Gasteiger partial charge on any atom is 0.104 e. The molecule has 1 saturated carbocycles. The molecule has 2 aliphatic rings. The summed E-state index contributed by atoms with van der Waals surface area (Å²) in [6, 6.07) is 3.08. The Labute approximate surface area is 117 Å². The maximum atomic E-state index is 9.35. The van der Waals surface area contributed by atoms with E-state index < -0.39 is 0 Å². The molecule has 0 bridgehead atoms. The highest BCUT2D eigenvalue weighted by Crippen LogP contribution is 2.24. The highest BCUT2D eigenvalue weighted by molar-refractivity contribution is 5.07. The predicted octanol–water partition coefficient (Wildman–Crippen LogP) is 1.44. The molecule has 19 heavy (non-hydrogen) atoms. The molecule has 1 unspecified atom stereocenters. The highest BCUT2D eigenvalue weighted by Gasteiger charge is 2.32. The Balaban J connectivity index is 1.68. The van der Waals surface area contributed by atoms with Crippen molar-refractivity contribution in [2.75, 3.05) is 39.8 Å². The molecule has 1 heterocycles. The Bertz CT molecular complexity index is 321. The molecule has 2 rings (SSSR count). The molecule has 0 aromatic carbocycles. The Hall–Kier alpha value is -0.630. The zero-order valence-corrected chi connectivity index (χ0v) is 12.5. The number of hydrogen-bond donors (Lipinski definition) is 1. The van der Waals surface area contributed by atoms with Gasteiger partial charge in [-0.15, -0.1) is 0 Å². The van der Waals surface area contributed by atoms with E-state index in [4.69, 9.17) is 0 Å². The minimum absolute atomic E-state index is 0.316. The molecule has 0 amide bonds. The van der Waals surface area contributed by atoms with Crippen molar-refractivity contribution < 1.29 is 0 Å². The van der Waals surface area contributed by atoms with Crippen LogP contribution < -0.4 is 5.32 Å². The largest absolute Gasteiger partial charge is 0.305 e. The van der Waals surface area contributed by atoms with Gasteiger partial charge in [-0.2, -0.15) is 5.26 Å². The van der Waals surface area contributed by atoms with Crippen LogP contribution >= 0.6 is 0 Å². The van der Waals surface area contributed by atoms with Crippen molar-refractivity contribution in [1.29, 1.82) is 5.26 Å². The molecule has 1 saturated heterocycles. The van der Waals surface area contributed by atoms with Crippen molar-refractivity contribution in [1.82, 2.24) is 15.1 Å². The van der Waals surface area contributed by atoms with E-state index in [0.29, 0.717) is 6.04 Å². The third-order valence-corrected chi connectivity index (χ3v) is 4.31. The summed E-state index contributed by atoms with van der Waals surface area (Å²) >= 11 is 0. The van der Waals surface area contributed by atoms with Crippen LogP contribution in [-0.2, 0) is 0 Å². The van der Waals surface area contributed by atoms with Gasteiger partial charge in [0, 0.05) is 19.1 Å². The molecular weight excluding hydrogens is 236 g/mol. The fourth-order valence-electron chi connectivity index (χ4n) is 2.82. The van der Waals surface area contributed by atoms with Gasteiger partial charge in [0.2, 0.25) is 0 Å². The first kappa shape index (κ1) is 14.8. The van der Waals surface area contributed by atoms with Gasteiger partial charge in [0.05, 0.1) is 6.07 Å². The fourth-order valence-corrected chi connectivity index (χ4v) is 2.82.